The van der Waals surface area contributed by atoms with Crippen LogP contribution >= 0.6 is 11.8 Å². The van der Waals surface area contributed by atoms with Crippen LogP contribution in [-0.2, 0) is 16.5 Å². The van der Waals surface area contributed by atoms with E-state index >= 15 is 0 Å². The monoisotopic (exact) mass is 472 g/mol. The van der Waals surface area contributed by atoms with Crippen LogP contribution in [0.3, 0.4) is 0 Å². The summed E-state index contributed by atoms with van der Waals surface area (Å²) in [6.45, 7) is -0.228. The lowest BCUT2D eigenvalue weighted by atomic mass is 9.75. The van der Waals surface area contributed by atoms with Crippen LogP contribution in [0.25, 0.3) is 0 Å². The molecule has 6 nitrogen and oxygen atoms in total. The lowest BCUT2D eigenvalue weighted by Gasteiger charge is -2.45. The van der Waals surface area contributed by atoms with Crippen molar-refractivity contribution in [3.63, 3.8) is 0 Å². The maximum Gasteiger partial charge on any atom is 0.417 e. The van der Waals surface area contributed by atoms with E-state index < -0.39 is 41.1 Å². The van der Waals surface area contributed by atoms with Gasteiger partial charge in [-0.1, -0.05) is 11.8 Å². The first-order valence-corrected chi connectivity index (χ1v) is 10.4. The van der Waals surface area contributed by atoms with Gasteiger partial charge in [0.15, 0.2) is 5.17 Å². The first-order valence-electron chi connectivity index (χ1n) is 9.45. The number of alkyl halides is 4. The van der Waals surface area contributed by atoms with Gasteiger partial charge >= 0.3 is 6.18 Å². The van der Waals surface area contributed by atoms with E-state index in [2.05, 4.69) is 15.3 Å². The number of fused-ring (bicyclic) bond motifs is 1. The Morgan fingerprint density at radius 2 is 2.06 bits per heavy atom. The molecule has 0 saturated carbocycles. The number of nitrogens with two attached hydrogens (primary N) is 1. The number of hydrogen-bond donors (Lipinski definition) is 2. The lowest BCUT2D eigenvalue weighted by Crippen LogP contribution is -2.53. The van der Waals surface area contributed by atoms with Crippen molar-refractivity contribution in [3.8, 4) is 0 Å². The Balaban J connectivity index is 1.64. The molecule has 3 atom stereocenters. The number of ether oxygens (including phenoxy) is 1. The number of aliphatic imine (C=N–C) groups is 1. The molecule has 1 aromatic carbocycles. The number of benzene rings is 1. The van der Waals surface area contributed by atoms with Crippen LogP contribution in [0, 0.1) is 11.7 Å². The summed E-state index contributed by atoms with van der Waals surface area (Å²) in [5.74, 6) is -1.88. The van der Waals surface area contributed by atoms with E-state index in [4.69, 9.17) is 10.5 Å². The van der Waals surface area contributed by atoms with Gasteiger partial charge in [-0.05, 0) is 30.3 Å². The van der Waals surface area contributed by atoms with Crippen molar-refractivity contribution in [1.82, 2.24) is 4.98 Å². The molecule has 1 saturated heterocycles. The number of halogens is 5. The third-order valence-electron chi connectivity index (χ3n) is 5.38. The van der Waals surface area contributed by atoms with Crippen LogP contribution in [-0.4, -0.2) is 41.2 Å². The highest BCUT2D eigenvalue weighted by Gasteiger charge is 2.51. The molecule has 2 aliphatic rings. The average Bonchev–Trinajstić information content (AvgIpc) is 2.74. The first kappa shape index (κ1) is 22.5. The third kappa shape index (κ3) is 4.16. The van der Waals surface area contributed by atoms with E-state index in [1.165, 1.54) is 23.9 Å². The molecular weight excluding hydrogens is 455 g/mol. The number of anilines is 1. The highest BCUT2D eigenvalue weighted by Crippen LogP contribution is 2.46. The number of carbonyl (C=O) groups is 1. The van der Waals surface area contributed by atoms with Crippen LogP contribution in [0.2, 0.25) is 0 Å². The van der Waals surface area contributed by atoms with Gasteiger partial charge in [0.2, 0.25) is 0 Å². The van der Waals surface area contributed by atoms with E-state index in [1.807, 2.05) is 0 Å². The molecule has 2 unspecified atom stereocenters. The smallest absolute Gasteiger partial charge is 0.379 e. The molecule has 0 bridgehead atoms. The maximum atomic E-state index is 14.9. The second kappa shape index (κ2) is 8.32. The van der Waals surface area contributed by atoms with Crippen molar-refractivity contribution < 1.29 is 31.5 Å². The number of nitrogens with zero attached hydrogens (tertiary/aromatic N) is 2. The van der Waals surface area contributed by atoms with E-state index in [-0.39, 0.29) is 41.1 Å². The number of pyridine rings is 1. The summed E-state index contributed by atoms with van der Waals surface area (Å²) in [7, 11) is 0. The van der Waals surface area contributed by atoms with Crippen molar-refractivity contribution in [1.29, 1.82) is 0 Å². The van der Waals surface area contributed by atoms with Gasteiger partial charge in [0.1, 0.15) is 23.2 Å². The zero-order chi connectivity index (χ0) is 23.1. The fourth-order valence-electron chi connectivity index (χ4n) is 3.77. The molecule has 0 aliphatic carbocycles. The minimum atomic E-state index is -4.58. The summed E-state index contributed by atoms with van der Waals surface area (Å²) in [4.78, 5) is 20.3. The molecule has 12 heteroatoms. The predicted octanol–water partition coefficient (Wildman–Crippen LogP) is 3.73. The number of aromatic nitrogens is 1. The Labute approximate surface area is 183 Å². The fourth-order valence-corrected chi connectivity index (χ4v) is 4.84. The Kier molecular flexibility index (Phi) is 5.84. The summed E-state index contributed by atoms with van der Waals surface area (Å²) in [5.41, 5.74) is 3.34. The average molecular weight is 472 g/mol. The molecule has 0 radical (unpaired) electrons. The maximum absolute atomic E-state index is 14.9. The molecule has 1 fully saturated rings. The summed E-state index contributed by atoms with van der Waals surface area (Å²) in [5, 5.41) is 2.64. The number of nitrogens with one attached hydrogen (secondary N) is 1. The van der Waals surface area contributed by atoms with Crippen molar-refractivity contribution in [2.45, 2.75) is 17.9 Å². The van der Waals surface area contributed by atoms with Gasteiger partial charge in [-0.2, -0.15) is 13.2 Å². The zero-order valence-electron chi connectivity index (χ0n) is 16.3. The second-order valence-electron chi connectivity index (χ2n) is 7.40. The quantitative estimate of drug-likeness (QED) is 0.665. The van der Waals surface area contributed by atoms with Crippen molar-refractivity contribution in [2.75, 3.05) is 24.3 Å². The fraction of sp³-hybridized carbons (Fsp3) is 0.350. The molecule has 0 spiro atoms. The Hall–Kier alpha value is -2.73. The van der Waals surface area contributed by atoms with Crippen molar-refractivity contribution in [3.05, 3.63) is 59.2 Å². The Bertz CT molecular complexity index is 1060. The van der Waals surface area contributed by atoms with Gasteiger partial charge in [0, 0.05) is 29.1 Å². The molecule has 4 rings (SSSR count). The molecule has 2 aliphatic heterocycles. The molecule has 3 heterocycles. The minimum absolute atomic E-state index is 0.00581. The van der Waals surface area contributed by atoms with Gasteiger partial charge in [-0.15, -0.1) is 0 Å². The zero-order valence-corrected chi connectivity index (χ0v) is 17.1. The molecule has 2 aromatic rings. The molecular formula is C20H17F5N4O2S. The molecule has 32 heavy (non-hydrogen) atoms. The van der Waals surface area contributed by atoms with Crippen molar-refractivity contribution >= 4 is 28.5 Å². The van der Waals surface area contributed by atoms with E-state index in [0.29, 0.717) is 6.20 Å². The first-order chi connectivity index (χ1) is 15.1. The number of amides is 1. The molecule has 1 amide bonds. The summed E-state index contributed by atoms with van der Waals surface area (Å²) >= 11 is 1.17. The largest absolute Gasteiger partial charge is 0.417 e. The standard InChI is InChI=1S/C20H17F5N4O2S/c21-14-3-2-11(28-17(30)16-4-1-10(6-27-16)20(23,24)25)5-12(14)19-9-31-7-15(22)13(19)8-32-18(26)29-19/h1-6,13,15H,7-9H2,(H2,26,29)(H,28,30)/t13?,15-,19?/m1/s1. The second-order valence-corrected chi connectivity index (χ2v) is 8.44. The SMILES string of the molecule is NC1=NC2(c3cc(NC(=O)c4ccc(C(F)(F)F)cn4)ccc3F)COC[C@@H](F)C2CS1. The van der Waals surface area contributed by atoms with Gasteiger partial charge in [-0.3, -0.25) is 9.78 Å². The summed E-state index contributed by atoms with van der Waals surface area (Å²) in [6, 6.07) is 5.33. The van der Waals surface area contributed by atoms with Crippen LogP contribution in [0.15, 0.2) is 41.5 Å². The van der Waals surface area contributed by atoms with E-state index in [9.17, 15) is 26.7 Å². The van der Waals surface area contributed by atoms with Gasteiger partial charge < -0.3 is 15.8 Å². The highest BCUT2D eigenvalue weighted by molar-refractivity contribution is 8.13. The van der Waals surface area contributed by atoms with Crippen LogP contribution in [0.5, 0.6) is 0 Å². The topological polar surface area (TPSA) is 89.6 Å². The van der Waals surface area contributed by atoms with Crippen LogP contribution < -0.4 is 11.1 Å². The third-order valence-corrected chi connectivity index (χ3v) is 6.30. The Morgan fingerprint density at radius 1 is 1.28 bits per heavy atom. The number of rotatable bonds is 3. The van der Waals surface area contributed by atoms with Gasteiger partial charge in [-0.25, -0.2) is 13.8 Å². The normalized spacial score (nSPS) is 25.6. The van der Waals surface area contributed by atoms with E-state index in [0.717, 1.165) is 18.2 Å². The van der Waals surface area contributed by atoms with Gasteiger partial charge in [0.05, 0.1) is 18.8 Å². The Morgan fingerprint density at radius 3 is 2.75 bits per heavy atom. The van der Waals surface area contributed by atoms with Crippen LogP contribution in [0.1, 0.15) is 21.6 Å². The minimum Gasteiger partial charge on any atom is -0.379 e. The number of carbonyl (C=O) groups excluding carboxylic acids is 1. The highest BCUT2D eigenvalue weighted by atomic mass is 32.2. The van der Waals surface area contributed by atoms with Gasteiger partial charge in [0.25, 0.3) is 5.91 Å². The summed E-state index contributed by atoms with van der Waals surface area (Å²) in [6.07, 6.45) is -5.42. The molecule has 3 N–H and O–H groups in total. The van der Waals surface area contributed by atoms with E-state index in [1.54, 1.807) is 0 Å². The number of hydrogen-bond acceptors (Lipinski definition) is 6. The molecule has 1 aromatic heterocycles. The van der Waals surface area contributed by atoms with Crippen LogP contribution in [0.4, 0.5) is 27.6 Å². The van der Waals surface area contributed by atoms with Crippen molar-refractivity contribution in [2.24, 2.45) is 16.6 Å². The predicted molar refractivity (Wildman–Crippen MR) is 109 cm³/mol. The number of thioether (sulfide) groups is 1. The number of amidine groups is 1. The summed E-state index contributed by atoms with van der Waals surface area (Å²) < 4.78 is 72.9. The lowest BCUT2D eigenvalue weighted by molar-refractivity contribution is -0.137. The molecule has 170 valence electrons.